The molecule has 0 aliphatic rings. The number of nitrogens with zero attached hydrogens (tertiary/aromatic N) is 2. The molecule has 0 N–H and O–H groups in total. The molecule has 0 amide bonds. The number of aryl methyl sites for hydroxylation is 1. The third-order valence-corrected chi connectivity index (χ3v) is 4.76. The van der Waals surface area contributed by atoms with Gasteiger partial charge in [-0.3, -0.25) is 14.3 Å². The lowest BCUT2D eigenvalue weighted by Crippen LogP contribution is -2.06. The standard InChI is InChI=1S/C23H22N2O3/c1-4-23(26)25-11-9-16-13-17(6-7-20(16)25)28-21-8-10-24-19-14-22(27-5-2)15(3)12-18(19)21/h6-14H,4-5H2,1-3H3. The van der Waals surface area contributed by atoms with Crippen LogP contribution in [0, 0.1) is 6.92 Å². The van der Waals surface area contributed by atoms with Crippen molar-refractivity contribution < 1.29 is 14.3 Å². The molecule has 4 rings (SSSR count). The van der Waals surface area contributed by atoms with Crippen molar-refractivity contribution in [3.8, 4) is 17.2 Å². The van der Waals surface area contributed by atoms with E-state index >= 15 is 0 Å². The van der Waals surface area contributed by atoms with Crippen molar-refractivity contribution >= 4 is 27.7 Å². The topological polar surface area (TPSA) is 53.4 Å². The van der Waals surface area contributed by atoms with Gasteiger partial charge in [0.2, 0.25) is 5.91 Å². The minimum Gasteiger partial charge on any atom is -0.494 e. The molecule has 0 bridgehead atoms. The number of pyridine rings is 1. The van der Waals surface area contributed by atoms with Gasteiger partial charge in [-0.2, -0.15) is 0 Å². The van der Waals surface area contributed by atoms with E-state index in [1.54, 1.807) is 17.0 Å². The zero-order chi connectivity index (χ0) is 19.7. The highest BCUT2D eigenvalue weighted by atomic mass is 16.5. The Bertz CT molecular complexity index is 1180. The molecular weight excluding hydrogens is 352 g/mol. The second-order valence-electron chi connectivity index (χ2n) is 6.63. The third-order valence-electron chi connectivity index (χ3n) is 4.76. The number of hydrogen-bond donors (Lipinski definition) is 0. The van der Waals surface area contributed by atoms with Crippen LogP contribution in [0.25, 0.3) is 21.8 Å². The Balaban J connectivity index is 1.71. The summed E-state index contributed by atoms with van der Waals surface area (Å²) in [5, 5.41) is 1.90. The normalized spacial score (nSPS) is 11.1. The zero-order valence-corrected chi connectivity index (χ0v) is 16.2. The second-order valence-corrected chi connectivity index (χ2v) is 6.63. The summed E-state index contributed by atoms with van der Waals surface area (Å²) in [5.74, 6) is 2.36. The molecule has 2 aromatic carbocycles. The highest BCUT2D eigenvalue weighted by molar-refractivity contribution is 5.93. The van der Waals surface area contributed by atoms with Gasteiger partial charge >= 0.3 is 0 Å². The number of hydrogen-bond acceptors (Lipinski definition) is 4. The van der Waals surface area contributed by atoms with E-state index in [1.807, 2.05) is 63.2 Å². The van der Waals surface area contributed by atoms with E-state index in [-0.39, 0.29) is 5.91 Å². The molecule has 0 spiro atoms. The van der Waals surface area contributed by atoms with Crippen LogP contribution in [0.3, 0.4) is 0 Å². The van der Waals surface area contributed by atoms with E-state index in [1.165, 1.54) is 0 Å². The summed E-state index contributed by atoms with van der Waals surface area (Å²) in [5.41, 5.74) is 2.75. The molecule has 0 fully saturated rings. The van der Waals surface area contributed by atoms with Crippen molar-refractivity contribution in [1.82, 2.24) is 9.55 Å². The molecule has 0 aliphatic carbocycles. The Morgan fingerprint density at radius 1 is 1.07 bits per heavy atom. The van der Waals surface area contributed by atoms with E-state index in [4.69, 9.17) is 9.47 Å². The lowest BCUT2D eigenvalue weighted by molar-refractivity contribution is 0.0914. The number of carbonyl (C=O) groups is 1. The van der Waals surface area contributed by atoms with Gasteiger partial charge in [0, 0.05) is 35.7 Å². The summed E-state index contributed by atoms with van der Waals surface area (Å²) in [6.07, 6.45) is 4.01. The first-order chi connectivity index (χ1) is 13.6. The van der Waals surface area contributed by atoms with Crippen molar-refractivity contribution in [1.29, 1.82) is 0 Å². The first kappa shape index (κ1) is 18.0. The molecule has 5 nitrogen and oxygen atoms in total. The van der Waals surface area contributed by atoms with Crippen molar-refractivity contribution in [2.75, 3.05) is 6.61 Å². The molecule has 28 heavy (non-hydrogen) atoms. The molecule has 142 valence electrons. The van der Waals surface area contributed by atoms with E-state index < -0.39 is 0 Å². The second kappa shape index (κ2) is 7.35. The van der Waals surface area contributed by atoms with Crippen molar-refractivity contribution in [2.45, 2.75) is 27.2 Å². The largest absolute Gasteiger partial charge is 0.494 e. The van der Waals surface area contributed by atoms with Crippen LogP contribution in [0.4, 0.5) is 0 Å². The van der Waals surface area contributed by atoms with Crippen LogP contribution in [-0.4, -0.2) is 22.1 Å². The van der Waals surface area contributed by atoms with Crippen LogP contribution in [-0.2, 0) is 0 Å². The lowest BCUT2D eigenvalue weighted by atomic mass is 10.1. The van der Waals surface area contributed by atoms with Gasteiger partial charge in [0.1, 0.15) is 17.2 Å². The molecule has 0 saturated heterocycles. The predicted octanol–water partition coefficient (Wildman–Crippen LogP) is 5.74. The maximum Gasteiger partial charge on any atom is 0.230 e. The highest BCUT2D eigenvalue weighted by Gasteiger charge is 2.11. The van der Waals surface area contributed by atoms with Crippen LogP contribution in [0.1, 0.15) is 30.6 Å². The highest BCUT2D eigenvalue weighted by Crippen LogP contribution is 2.34. The summed E-state index contributed by atoms with van der Waals surface area (Å²) in [6.45, 7) is 6.46. The smallest absolute Gasteiger partial charge is 0.230 e. The van der Waals surface area contributed by atoms with Gasteiger partial charge in [-0.1, -0.05) is 6.92 Å². The lowest BCUT2D eigenvalue weighted by Gasteiger charge is -2.12. The Morgan fingerprint density at radius 2 is 1.93 bits per heavy atom. The molecule has 0 unspecified atom stereocenters. The Kier molecular flexibility index (Phi) is 4.74. The predicted molar refractivity (Wildman–Crippen MR) is 111 cm³/mol. The molecule has 0 aliphatic heterocycles. The van der Waals surface area contributed by atoms with Crippen molar-refractivity contribution in [2.24, 2.45) is 0 Å². The van der Waals surface area contributed by atoms with Crippen LogP contribution in [0.5, 0.6) is 17.2 Å². The average Bonchev–Trinajstić information content (AvgIpc) is 3.12. The molecule has 2 aromatic heterocycles. The van der Waals surface area contributed by atoms with E-state index in [9.17, 15) is 4.79 Å². The number of rotatable bonds is 5. The Hall–Kier alpha value is -3.34. The van der Waals surface area contributed by atoms with E-state index in [2.05, 4.69) is 4.98 Å². The molecule has 0 saturated carbocycles. The summed E-state index contributed by atoms with van der Waals surface area (Å²) in [6, 6.07) is 13.5. The van der Waals surface area contributed by atoms with Crippen LogP contribution < -0.4 is 9.47 Å². The number of fused-ring (bicyclic) bond motifs is 2. The minimum atomic E-state index is 0.0735. The fourth-order valence-electron chi connectivity index (χ4n) is 3.36. The average molecular weight is 374 g/mol. The Labute approximate surface area is 163 Å². The number of benzene rings is 2. The third kappa shape index (κ3) is 3.20. The van der Waals surface area contributed by atoms with E-state index in [0.717, 1.165) is 38.9 Å². The summed E-state index contributed by atoms with van der Waals surface area (Å²) < 4.78 is 13.5. The molecule has 2 heterocycles. The first-order valence-electron chi connectivity index (χ1n) is 9.45. The SMILES string of the molecule is CCOc1cc2nccc(Oc3ccc4c(ccn4C(=O)CC)c3)c2cc1C. The maximum atomic E-state index is 12.0. The molecule has 5 heteroatoms. The van der Waals surface area contributed by atoms with Gasteiger partial charge in [-0.25, -0.2) is 0 Å². The van der Waals surface area contributed by atoms with Gasteiger partial charge in [-0.15, -0.1) is 0 Å². The summed E-state index contributed by atoms with van der Waals surface area (Å²) in [7, 11) is 0. The molecular formula is C23H22N2O3. The number of ether oxygens (including phenoxy) is 2. The van der Waals surface area contributed by atoms with Crippen molar-refractivity contribution in [3.05, 3.63) is 60.4 Å². The van der Waals surface area contributed by atoms with Gasteiger partial charge in [0.25, 0.3) is 0 Å². The van der Waals surface area contributed by atoms with E-state index in [0.29, 0.717) is 18.8 Å². The Morgan fingerprint density at radius 3 is 2.71 bits per heavy atom. The fourth-order valence-corrected chi connectivity index (χ4v) is 3.36. The first-order valence-corrected chi connectivity index (χ1v) is 9.45. The van der Waals surface area contributed by atoms with Crippen LogP contribution in [0.15, 0.2) is 54.9 Å². The summed E-state index contributed by atoms with van der Waals surface area (Å²) >= 11 is 0. The minimum absolute atomic E-state index is 0.0735. The molecule has 0 radical (unpaired) electrons. The monoisotopic (exact) mass is 374 g/mol. The van der Waals surface area contributed by atoms with Crippen LogP contribution in [0.2, 0.25) is 0 Å². The molecule has 4 aromatic rings. The maximum absolute atomic E-state index is 12.0. The quantitative estimate of drug-likeness (QED) is 0.447. The van der Waals surface area contributed by atoms with Crippen LogP contribution >= 0.6 is 0 Å². The van der Waals surface area contributed by atoms with Crippen molar-refractivity contribution in [3.63, 3.8) is 0 Å². The zero-order valence-electron chi connectivity index (χ0n) is 16.2. The summed E-state index contributed by atoms with van der Waals surface area (Å²) in [4.78, 5) is 16.5. The number of carbonyl (C=O) groups excluding carboxylic acids is 1. The molecule has 0 atom stereocenters. The van der Waals surface area contributed by atoms with Gasteiger partial charge < -0.3 is 9.47 Å². The van der Waals surface area contributed by atoms with Gasteiger partial charge in [-0.05, 0) is 55.8 Å². The fraction of sp³-hybridized carbons (Fsp3) is 0.217. The van der Waals surface area contributed by atoms with Gasteiger partial charge in [0.15, 0.2) is 0 Å². The number of aromatic nitrogens is 2. The van der Waals surface area contributed by atoms with Gasteiger partial charge in [0.05, 0.1) is 17.6 Å².